The molecular weight excluding hydrogens is 392 g/mol. The monoisotopic (exact) mass is 416 g/mol. The molecule has 160 valence electrons. The summed E-state index contributed by atoms with van der Waals surface area (Å²) in [6, 6.07) is 4.51. The normalized spacial score (nSPS) is 25.2. The molecule has 1 aromatic carbocycles. The van der Waals surface area contributed by atoms with Crippen molar-refractivity contribution in [2.24, 2.45) is 0 Å². The zero-order chi connectivity index (χ0) is 21.3. The summed E-state index contributed by atoms with van der Waals surface area (Å²) in [5.74, 6) is -0.745. The minimum Gasteiger partial charge on any atom is -0.497 e. The highest BCUT2D eigenvalue weighted by Gasteiger charge is 2.50. The Balaban J connectivity index is 1.47. The lowest BCUT2D eigenvalue weighted by atomic mass is 9.94. The maximum absolute atomic E-state index is 12.9. The van der Waals surface area contributed by atoms with Crippen LogP contribution in [0.25, 0.3) is 0 Å². The third kappa shape index (κ3) is 3.82. The van der Waals surface area contributed by atoms with Crippen LogP contribution in [-0.2, 0) is 20.9 Å². The van der Waals surface area contributed by atoms with E-state index in [-0.39, 0.29) is 31.5 Å². The summed E-state index contributed by atoms with van der Waals surface area (Å²) in [4.78, 5) is 51.4. The molecule has 1 aromatic rings. The molecule has 2 unspecified atom stereocenters. The number of hydrogen-bond donors (Lipinski definition) is 3. The molecule has 0 radical (unpaired) electrons. The molecule has 30 heavy (non-hydrogen) atoms. The average molecular weight is 416 g/mol. The predicted molar refractivity (Wildman–Crippen MR) is 104 cm³/mol. The van der Waals surface area contributed by atoms with Crippen LogP contribution in [0.15, 0.2) is 18.2 Å². The highest BCUT2D eigenvalue weighted by Crippen LogP contribution is 2.29. The van der Waals surface area contributed by atoms with Crippen LogP contribution in [0, 0.1) is 0 Å². The highest BCUT2D eigenvalue weighted by atomic mass is 16.5. The van der Waals surface area contributed by atoms with Gasteiger partial charge in [-0.15, -0.1) is 0 Å². The SMILES string of the molecule is COc1ccc2c(c1)C(=O)N(CC1(CC(=O)NCC3CCCO3)NC(=O)NC1=O)C2. The van der Waals surface area contributed by atoms with Gasteiger partial charge in [0.1, 0.15) is 11.3 Å². The molecule has 10 nitrogen and oxygen atoms in total. The van der Waals surface area contributed by atoms with Crippen molar-refractivity contribution in [1.82, 2.24) is 20.9 Å². The van der Waals surface area contributed by atoms with Gasteiger partial charge in [0.2, 0.25) is 5.91 Å². The van der Waals surface area contributed by atoms with Crippen molar-refractivity contribution in [1.29, 1.82) is 0 Å². The third-order valence-electron chi connectivity index (χ3n) is 5.68. The fourth-order valence-corrected chi connectivity index (χ4v) is 4.11. The molecule has 0 spiro atoms. The van der Waals surface area contributed by atoms with Gasteiger partial charge < -0.3 is 25.0 Å². The van der Waals surface area contributed by atoms with Crippen molar-refractivity contribution in [2.75, 3.05) is 26.8 Å². The minimum absolute atomic E-state index is 0.0402. The summed E-state index contributed by atoms with van der Waals surface area (Å²) < 4.78 is 10.7. The highest BCUT2D eigenvalue weighted by molar-refractivity contribution is 6.09. The van der Waals surface area contributed by atoms with Crippen molar-refractivity contribution >= 4 is 23.8 Å². The first-order chi connectivity index (χ1) is 14.4. The summed E-state index contributed by atoms with van der Waals surface area (Å²) in [6.45, 7) is 1.18. The van der Waals surface area contributed by atoms with Crippen LogP contribution in [0.5, 0.6) is 5.75 Å². The average Bonchev–Trinajstić information content (AvgIpc) is 3.40. The van der Waals surface area contributed by atoms with Gasteiger partial charge >= 0.3 is 6.03 Å². The third-order valence-corrected chi connectivity index (χ3v) is 5.68. The lowest BCUT2D eigenvalue weighted by Crippen LogP contribution is -2.57. The van der Waals surface area contributed by atoms with Crippen molar-refractivity contribution < 1.29 is 28.7 Å². The summed E-state index contributed by atoms with van der Waals surface area (Å²) in [6.07, 6.45) is 1.50. The first-order valence-corrected chi connectivity index (χ1v) is 9.88. The number of methoxy groups -OCH3 is 1. The van der Waals surface area contributed by atoms with Gasteiger partial charge in [-0.3, -0.25) is 19.7 Å². The number of imide groups is 1. The van der Waals surface area contributed by atoms with Crippen molar-refractivity contribution in [3.8, 4) is 5.75 Å². The van der Waals surface area contributed by atoms with E-state index in [0.29, 0.717) is 24.5 Å². The van der Waals surface area contributed by atoms with Crippen molar-refractivity contribution in [2.45, 2.75) is 37.5 Å². The van der Waals surface area contributed by atoms with Crippen LogP contribution in [0.1, 0.15) is 35.2 Å². The maximum atomic E-state index is 12.9. The Kier molecular flexibility index (Phi) is 5.33. The molecule has 5 amide bonds. The Morgan fingerprint density at radius 3 is 2.87 bits per heavy atom. The largest absolute Gasteiger partial charge is 0.497 e. The van der Waals surface area contributed by atoms with E-state index in [2.05, 4.69) is 16.0 Å². The van der Waals surface area contributed by atoms with Crippen LogP contribution in [0.2, 0.25) is 0 Å². The second-order valence-electron chi connectivity index (χ2n) is 7.79. The molecule has 0 saturated carbocycles. The molecule has 2 saturated heterocycles. The smallest absolute Gasteiger partial charge is 0.322 e. The van der Waals surface area contributed by atoms with E-state index in [1.165, 1.54) is 12.0 Å². The van der Waals surface area contributed by atoms with Gasteiger partial charge in [-0.25, -0.2) is 4.79 Å². The second kappa shape index (κ2) is 7.94. The van der Waals surface area contributed by atoms with Crippen molar-refractivity contribution in [3.63, 3.8) is 0 Å². The minimum atomic E-state index is -1.53. The number of urea groups is 1. The Labute approximate surface area is 173 Å². The second-order valence-corrected chi connectivity index (χ2v) is 7.79. The molecule has 10 heteroatoms. The topological polar surface area (TPSA) is 126 Å². The van der Waals surface area contributed by atoms with Gasteiger partial charge in [0, 0.05) is 25.3 Å². The molecule has 0 aromatic heterocycles. The van der Waals surface area contributed by atoms with Crippen LogP contribution < -0.4 is 20.7 Å². The van der Waals surface area contributed by atoms with Gasteiger partial charge in [-0.2, -0.15) is 0 Å². The van der Waals surface area contributed by atoms with Crippen LogP contribution in [0.3, 0.4) is 0 Å². The molecule has 3 aliphatic rings. The van der Waals surface area contributed by atoms with Gasteiger partial charge in [0.15, 0.2) is 0 Å². The number of carbonyl (C=O) groups is 4. The van der Waals surface area contributed by atoms with E-state index in [1.54, 1.807) is 18.2 Å². The predicted octanol–water partition coefficient (Wildman–Crippen LogP) is -0.0855. The number of benzene rings is 1. The quantitative estimate of drug-likeness (QED) is 0.534. The lowest BCUT2D eigenvalue weighted by Gasteiger charge is -2.30. The number of hydrogen-bond acceptors (Lipinski definition) is 6. The number of amides is 5. The molecular formula is C20H24N4O6. The Morgan fingerprint density at radius 2 is 2.20 bits per heavy atom. The van der Waals surface area contributed by atoms with Crippen LogP contribution in [-0.4, -0.2) is 67.1 Å². The number of carbonyl (C=O) groups excluding carboxylic acids is 4. The summed E-state index contributed by atoms with van der Waals surface area (Å²) in [7, 11) is 1.52. The van der Waals surface area contributed by atoms with Gasteiger partial charge in [0.05, 0.1) is 26.2 Å². The first-order valence-electron chi connectivity index (χ1n) is 9.88. The molecule has 2 atom stereocenters. The van der Waals surface area contributed by atoms with E-state index in [0.717, 1.165) is 18.4 Å². The van der Waals surface area contributed by atoms with Crippen LogP contribution >= 0.6 is 0 Å². The van der Waals surface area contributed by atoms with Gasteiger partial charge in [-0.1, -0.05) is 6.07 Å². The Hall–Kier alpha value is -3.14. The fraction of sp³-hybridized carbons (Fsp3) is 0.500. The number of rotatable bonds is 7. The molecule has 3 heterocycles. The summed E-state index contributed by atoms with van der Waals surface area (Å²) >= 11 is 0. The zero-order valence-corrected chi connectivity index (χ0v) is 16.7. The molecule has 2 fully saturated rings. The van der Waals surface area contributed by atoms with E-state index >= 15 is 0 Å². The fourth-order valence-electron chi connectivity index (χ4n) is 4.11. The van der Waals surface area contributed by atoms with Gasteiger partial charge in [0.25, 0.3) is 11.8 Å². The molecule has 4 rings (SSSR count). The number of fused-ring (bicyclic) bond motifs is 1. The zero-order valence-electron chi connectivity index (χ0n) is 16.7. The maximum Gasteiger partial charge on any atom is 0.322 e. The standard InChI is InChI=1S/C20H24N4O6/c1-29-13-5-4-12-10-24(17(26)15(12)7-13)11-20(18(27)22-19(28)23-20)8-16(25)21-9-14-3-2-6-30-14/h4-5,7,14H,2-3,6,8-11H2,1H3,(H,21,25)(H2,22,23,27,28). The molecule has 3 N–H and O–H groups in total. The summed E-state index contributed by atoms with van der Waals surface area (Å²) in [5.41, 5.74) is -0.250. The molecule has 0 aliphatic carbocycles. The van der Waals surface area contributed by atoms with Crippen LogP contribution in [0.4, 0.5) is 4.79 Å². The number of nitrogens with one attached hydrogen (secondary N) is 3. The van der Waals surface area contributed by atoms with Gasteiger partial charge in [-0.05, 0) is 30.5 Å². The summed E-state index contributed by atoms with van der Waals surface area (Å²) in [5, 5.41) is 7.51. The first kappa shape index (κ1) is 20.1. The lowest BCUT2D eigenvalue weighted by molar-refractivity contribution is -0.130. The van der Waals surface area contributed by atoms with E-state index in [9.17, 15) is 19.2 Å². The van der Waals surface area contributed by atoms with Crippen molar-refractivity contribution in [3.05, 3.63) is 29.3 Å². The Bertz CT molecular complexity index is 897. The number of ether oxygens (including phenoxy) is 2. The number of nitrogens with zero attached hydrogens (tertiary/aromatic N) is 1. The van der Waals surface area contributed by atoms with E-state index < -0.39 is 23.4 Å². The Morgan fingerprint density at radius 1 is 1.37 bits per heavy atom. The molecule has 0 bridgehead atoms. The molecule has 3 aliphatic heterocycles. The van der Waals surface area contributed by atoms with E-state index in [1.807, 2.05) is 0 Å². The van der Waals surface area contributed by atoms with E-state index in [4.69, 9.17) is 9.47 Å².